The van der Waals surface area contributed by atoms with Crippen LogP contribution in [0.4, 0.5) is 4.39 Å². The monoisotopic (exact) mass is 411 g/mol. The van der Waals surface area contributed by atoms with Crippen molar-refractivity contribution >= 4 is 5.91 Å². The van der Waals surface area contributed by atoms with Gasteiger partial charge in [0.1, 0.15) is 17.3 Å². The maximum Gasteiger partial charge on any atom is 0.217 e. The van der Waals surface area contributed by atoms with Crippen molar-refractivity contribution in [3.8, 4) is 11.5 Å². The lowest BCUT2D eigenvalue weighted by molar-refractivity contribution is -0.119. The first-order chi connectivity index (χ1) is 14.5. The van der Waals surface area contributed by atoms with Crippen molar-refractivity contribution in [3.05, 3.63) is 59.4 Å². The number of hydrogen-bond acceptors (Lipinski definition) is 3. The smallest absolute Gasteiger partial charge is 0.217 e. The van der Waals surface area contributed by atoms with Gasteiger partial charge in [-0.2, -0.15) is 0 Å². The molecule has 0 radical (unpaired) electrons. The zero-order valence-electron chi connectivity index (χ0n) is 17.7. The number of amides is 1. The van der Waals surface area contributed by atoms with Crippen LogP contribution in [0.25, 0.3) is 0 Å². The molecule has 30 heavy (non-hydrogen) atoms. The summed E-state index contributed by atoms with van der Waals surface area (Å²) in [5.74, 6) is 1.70. The van der Waals surface area contributed by atoms with Gasteiger partial charge in [-0.1, -0.05) is 18.2 Å². The molecule has 160 valence electrons. The Bertz CT molecular complexity index is 878. The molecule has 2 aliphatic rings. The molecule has 0 spiro atoms. The van der Waals surface area contributed by atoms with Crippen molar-refractivity contribution in [2.45, 2.75) is 70.6 Å². The maximum absolute atomic E-state index is 14.5. The zero-order chi connectivity index (χ0) is 21.1. The third-order valence-electron chi connectivity index (χ3n) is 5.96. The van der Waals surface area contributed by atoms with Gasteiger partial charge in [-0.15, -0.1) is 0 Å². The average Bonchev–Trinajstić information content (AvgIpc) is 3.41. The Balaban J connectivity index is 1.27. The summed E-state index contributed by atoms with van der Waals surface area (Å²) in [6, 6.07) is 13.2. The van der Waals surface area contributed by atoms with Gasteiger partial charge in [0.2, 0.25) is 5.91 Å². The highest BCUT2D eigenvalue weighted by molar-refractivity contribution is 5.73. The summed E-state index contributed by atoms with van der Waals surface area (Å²) < 4.78 is 26.3. The molecule has 1 N–H and O–H groups in total. The third-order valence-corrected chi connectivity index (χ3v) is 5.96. The van der Waals surface area contributed by atoms with Gasteiger partial charge in [0.25, 0.3) is 0 Å². The number of carbonyl (C=O) groups excluding carboxylic acids is 1. The Morgan fingerprint density at radius 1 is 1.03 bits per heavy atom. The molecule has 2 aromatic rings. The van der Waals surface area contributed by atoms with Crippen molar-refractivity contribution in [1.82, 2.24) is 5.32 Å². The molecule has 2 aromatic carbocycles. The average molecular weight is 412 g/mol. The van der Waals surface area contributed by atoms with E-state index >= 15 is 0 Å². The summed E-state index contributed by atoms with van der Waals surface area (Å²) in [6.07, 6.45) is 6.29. The Morgan fingerprint density at radius 3 is 2.37 bits per heavy atom. The maximum atomic E-state index is 14.5. The fourth-order valence-corrected chi connectivity index (χ4v) is 4.19. The minimum absolute atomic E-state index is 0.0247. The molecule has 4 nitrogen and oxygen atoms in total. The van der Waals surface area contributed by atoms with Gasteiger partial charge < -0.3 is 14.8 Å². The standard InChI is InChI=1S/C25H30FNO3/c1-16(27-17(2)28)19-4-8-21(9-5-19)29-23-7-3-18(14-23)13-20-6-10-24(15-25(20)26)30-22-11-12-22/h4-6,8-10,15-16,18,22-23H,3,7,11-14H2,1-2H3,(H,27,28). The fourth-order valence-electron chi connectivity index (χ4n) is 4.19. The summed E-state index contributed by atoms with van der Waals surface area (Å²) in [7, 11) is 0. The predicted molar refractivity (Wildman–Crippen MR) is 114 cm³/mol. The van der Waals surface area contributed by atoms with Crippen LogP contribution in [0.3, 0.4) is 0 Å². The summed E-state index contributed by atoms with van der Waals surface area (Å²) in [5, 5.41) is 2.88. The topological polar surface area (TPSA) is 47.6 Å². The van der Waals surface area contributed by atoms with E-state index in [4.69, 9.17) is 9.47 Å². The zero-order valence-corrected chi connectivity index (χ0v) is 17.7. The molecule has 3 atom stereocenters. The number of benzene rings is 2. The molecule has 3 unspecified atom stereocenters. The molecule has 4 rings (SSSR count). The highest BCUT2D eigenvalue weighted by Crippen LogP contribution is 2.34. The van der Waals surface area contributed by atoms with Crippen LogP contribution in [0.1, 0.15) is 63.1 Å². The molecule has 0 heterocycles. The number of ether oxygens (including phenoxy) is 2. The lowest BCUT2D eigenvalue weighted by atomic mass is 9.97. The SMILES string of the molecule is CC(=O)NC(C)c1ccc(OC2CCC(Cc3ccc(OC4CC4)cc3F)C2)cc1. The van der Waals surface area contributed by atoms with E-state index in [9.17, 15) is 9.18 Å². The number of carbonyl (C=O) groups is 1. The Morgan fingerprint density at radius 2 is 1.70 bits per heavy atom. The molecule has 1 amide bonds. The van der Waals surface area contributed by atoms with E-state index in [0.717, 1.165) is 55.4 Å². The van der Waals surface area contributed by atoms with Gasteiger partial charge in [0.15, 0.2) is 0 Å². The van der Waals surface area contributed by atoms with Gasteiger partial charge in [-0.3, -0.25) is 4.79 Å². The van der Waals surface area contributed by atoms with Crippen LogP contribution in [-0.2, 0) is 11.2 Å². The van der Waals surface area contributed by atoms with E-state index in [1.807, 2.05) is 43.3 Å². The second kappa shape index (κ2) is 9.07. The summed E-state index contributed by atoms with van der Waals surface area (Å²) in [5.41, 5.74) is 1.81. The van der Waals surface area contributed by atoms with Crippen LogP contribution in [0, 0.1) is 11.7 Å². The van der Waals surface area contributed by atoms with Crippen molar-refractivity contribution < 1.29 is 18.7 Å². The lowest BCUT2D eigenvalue weighted by Gasteiger charge is -2.17. The van der Waals surface area contributed by atoms with Gasteiger partial charge >= 0.3 is 0 Å². The van der Waals surface area contributed by atoms with Gasteiger partial charge in [0.05, 0.1) is 18.2 Å². The van der Waals surface area contributed by atoms with Crippen molar-refractivity contribution in [3.63, 3.8) is 0 Å². The molecule has 0 saturated heterocycles. The molecule has 2 saturated carbocycles. The number of halogens is 1. The van der Waals surface area contributed by atoms with Crippen molar-refractivity contribution in [1.29, 1.82) is 0 Å². The molecular weight excluding hydrogens is 381 g/mol. The van der Waals surface area contributed by atoms with E-state index in [1.54, 1.807) is 0 Å². The normalized spacial score (nSPS) is 21.8. The lowest BCUT2D eigenvalue weighted by Crippen LogP contribution is -2.23. The van der Waals surface area contributed by atoms with Gasteiger partial charge in [-0.05, 0) is 80.7 Å². The second-order valence-electron chi connectivity index (χ2n) is 8.68. The summed E-state index contributed by atoms with van der Waals surface area (Å²) >= 11 is 0. The summed E-state index contributed by atoms with van der Waals surface area (Å²) in [4.78, 5) is 11.2. The minimum atomic E-state index is -0.165. The van der Waals surface area contributed by atoms with Crippen molar-refractivity contribution in [2.75, 3.05) is 0 Å². The number of rotatable bonds is 8. The van der Waals surface area contributed by atoms with Crippen LogP contribution in [0.2, 0.25) is 0 Å². The first-order valence-electron chi connectivity index (χ1n) is 10.9. The first kappa shape index (κ1) is 20.7. The second-order valence-corrected chi connectivity index (χ2v) is 8.68. The van der Waals surface area contributed by atoms with Gasteiger partial charge in [0, 0.05) is 13.0 Å². The fraction of sp³-hybridized carbons (Fsp3) is 0.480. The first-order valence-corrected chi connectivity index (χ1v) is 10.9. The quantitative estimate of drug-likeness (QED) is 0.637. The Hall–Kier alpha value is -2.56. The van der Waals surface area contributed by atoms with E-state index in [2.05, 4.69) is 5.32 Å². The molecule has 0 bridgehead atoms. The number of hydrogen-bond donors (Lipinski definition) is 1. The van der Waals surface area contributed by atoms with Crippen LogP contribution >= 0.6 is 0 Å². The molecule has 0 aromatic heterocycles. The molecule has 0 aliphatic heterocycles. The molecule has 2 aliphatic carbocycles. The Kier molecular flexibility index (Phi) is 6.26. The van der Waals surface area contributed by atoms with Crippen LogP contribution in [0.15, 0.2) is 42.5 Å². The third kappa shape index (κ3) is 5.53. The van der Waals surface area contributed by atoms with E-state index < -0.39 is 0 Å². The van der Waals surface area contributed by atoms with E-state index in [0.29, 0.717) is 11.7 Å². The highest BCUT2D eigenvalue weighted by atomic mass is 19.1. The van der Waals surface area contributed by atoms with E-state index in [1.165, 1.54) is 13.0 Å². The van der Waals surface area contributed by atoms with Crippen molar-refractivity contribution in [2.24, 2.45) is 5.92 Å². The highest BCUT2D eigenvalue weighted by Gasteiger charge is 2.28. The molecule has 2 fully saturated rings. The molecular formula is C25H30FNO3. The van der Waals surface area contributed by atoms with E-state index in [-0.39, 0.29) is 30.0 Å². The largest absolute Gasteiger partial charge is 0.490 e. The number of nitrogens with one attached hydrogen (secondary N) is 1. The van der Waals surface area contributed by atoms with Crippen LogP contribution in [0.5, 0.6) is 11.5 Å². The summed E-state index contributed by atoms with van der Waals surface area (Å²) in [6.45, 7) is 3.48. The predicted octanol–water partition coefficient (Wildman–Crippen LogP) is 5.35. The Labute approximate surface area is 177 Å². The molecule has 5 heteroatoms. The van der Waals surface area contributed by atoms with Crippen LogP contribution < -0.4 is 14.8 Å². The minimum Gasteiger partial charge on any atom is -0.490 e. The van der Waals surface area contributed by atoms with Gasteiger partial charge in [-0.25, -0.2) is 4.39 Å². The van der Waals surface area contributed by atoms with Crippen LogP contribution in [-0.4, -0.2) is 18.1 Å².